The molecule has 0 N–H and O–H groups in total. The molecular formula is C18H26N4O2S2. The van der Waals surface area contributed by atoms with Crippen LogP contribution in [0.2, 0.25) is 0 Å². The third kappa shape index (κ3) is 4.07. The summed E-state index contributed by atoms with van der Waals surface area (Å²) >= 11 is 5.65. The van der Waals surface area contributed by atoms with Crippen molar-refractivity contribution < 1.29 is 8.42 Å². The predicted octanol–water partition coefficient (Wildman–Crippen LogP) is 2.96. The van der Waals surface area contributed by atoms with Gasteiger partial charge in [-0.05, 0) is 38.5 Å². The smallest absolute Gasteiger partial charge is 0.199 e. The minimum absolute atomic E-state index is 0.0498. The van der Waals surface area contributed by atoms with Gasteiger partial charge < -0.3 is 4.57 Å². The Kier molecular flexibility index (Phi) is 5.94. The summed E-state index contributed by atoms with van der Waals surface area (Å²) in [4.78, 5) is 2.21. The quantitative estimate of drug-likeness (QED) is 0.676. The Morgan fingerprint density at radius 2 is 2.00 bits per heavy atom. The van der Waals surface area contributed by atoms with Crippen molar-refractivity contribution in [2.24, 2.45) is 0 Å². The Morgan fingerprint density at radius 3 is 2.58 bits per heavy atom. The van der Waals surface area contributed by atoms with Gasteiger partial charge in [-0.2, -0.15) is 5.10 Å². The molecule has 2 heterocycles. The molecule has 1 aliphatic rings. The normalized spacial score (nSPS) is 19.3. The standard InChI is InChI=1S/C18H26N4O2S2/c1-3-11-20(16-10-12-26(23,24)13-16)14-22-18(25)21(4-2)17(19-22)15-8-6-5-7-9-15/h5-9,16H,3-4,10-14H2,1-2H3/t16-/m1/s1. The van der Waals surface area contributed by atoms with Gasteiger partial charge in [-0.3, -0.25) is 4.90 Å². The first-order valence-electron chi connectivity index (χ1n) is 9.12. The number of hydrogen-bond acceptors (Lipinski definition) is 5. The highest BCUT2D eigenvalue weighted by Gasteiger charge is 2.32. The number of hydrogen-bond donors (Lipinski definition) is 0. The van der Waals surface area contributed by atoms with E-state index in [1.807, 2.05) is 39.6 Å². The van der Waals surface area contributed by atoms with E-state index in [2.05, 4.69) is 18.7 Å². The number of benzene rings is 1. The van der Waals surface area contributed by atoms with Crippen LogP contribution >= 0.6 is 12.2 Å². The lowest BCUT2D eigenvalue weighted by molar-refractivity contribution is 0.155. The van der Waals surface area contributed by atoms with Crippen LogP contribution in [0.1, 0.15) is 26.7 Å². The molecule has 0 saturated carbocycles. The fourth-order valence-electron chi connectivity index (χ4n) is 3.51. The number of sulfone groups is 1. The van der Waals surface area contributed by atoms with Crippen LogP contribution in [-0.2, 0) is 23.1 Å². The van der Waals surface area contributed by atoms with Crippen LogP contribution in [0.3, 0.4) is 0 Å². The van der Waals surface area contributed by atoms with Crippen molar-refractivity contribution in [3.63, 3.8) is 0 Å². The van der Waals surface area contributed by atoms with Crippen LogP contribution in [-0.4, -0.2) is 51.8 Å². The Bertz CT molecular complexity index is 903. The molecule has 0 aliphatic carbocycles. The van der Waals surface area contributed by atoms with Crippen molar-refractivity contribution in [2.45, 2.75) is 45.9 Å². The van der Waals surface area contributed by atoms with Gasteiger partial charge >= 0.3 is 0 Å². The summed E-state index contributed by atoms with van der Waals surface area (Å²) in [5.41, 5.74) is 1.03. The zero-order valence-corrected chi connectivity index (χ0v) is 17.0. The van der Waals surface area contributed by atoms with Crippen LogP contribution < -0.4 is 0 Å². The van der Waals surface area contributed by atoms with Gasteiger partial charge in [0.05, 0.1) is 18.2 Å². The Hall–Kier alpha value is -1.51. The van der Waals surface area contributed by atoms with E-state index in [-0.39, 0.29) is 17.5 Å². The fraction of sp³-hybridized carbons (Fsp3) is 0.556. The van der Waals surface area contributed by atoms with E-state index < -0.39 is 9.84 Å². The second kappa shape index (κ2) is 8.02. The first-order chi connectivity index (χ1) is 12.4. The number of rotatable bonds is 7. The zero-order valence-electron chi connectivity index (χ0n) is 15.3. The third-order valence-electron chi connectivity index (χ3n) is 4.82. The summed E-state index contributed by atoms with van der Waals surface area (Å²) in [5, 5.41) is 4.76. The predicted molar refractivity (Wildman–Crippen MR) is 106 cm³/mol. The average molecular weight is 395 g/mol. The van der Waals surface area contributed by atoms with Crippen LogP contribution in [0.4, 0.5) is 0 Å². The van der Waals surface area contributed by atoms with Crippen LogP contribution in [0.25, 0.3) is 11.4 Å². The van der Waals surface area contributed by atoms with E-state index in [0.717, 1.165) is 30.9 Å². The first kappa shape index (κ1) is 19.3. The summed E-state index contributed by atoms with van der Waals surface area (Å²) in [6, 6.07) is 10.1. The summed E-state index contributed by atoms with van der Waals surface area (Å²) in [6.07, 6.45) is 1.65. The van der Waals surface area contributed by atoms with Crippen molar-refractivity contribution in [1.29, 1.82) is 0 Å². The molecule has 0 radical (unpaired) electrons. The molecular weight excluding hydrogens is 368 g/mol. The minimum Gasteiger partial charge on any atom is -0.300 e. The lowest BCUT2D eigenvalue weighted by Gasteiger charge is -2.27. The molecule has 0 unspecified atom stereocenters. The van der Waals surface area contributed by atoms with Crippen molar-refractivity contribution in [3.8, 4) is 11.4 Å². The second-order valence-electron chi connectivity index (χ2n) is 6.73. The Labute approximate surface area is 160 Å². The average Bonchev–Trinajstić information content (AvgIpc) is 3.15. The molecule has 1 aromatic heterocycles. The highest BCUT2D eigenvalue weighted by atomic mass is 32.2. The summed E-state index contributed by atoms with van der Waals surface area (Å²) in [7, 11) is -2.91. The van der Waals surface area contributed by atoms with Crippen molar-refractivity contribution >= 4 is 22.1 Å². The maximum atomic E-state index is 11.9. The molecule has 2 aromatic rings. The molecule has 1 fully saturated rings. The Morgan fingerprint density at radius 1 is 1.27 bits per heavy atom. The van der Waals surface area contributed by atoms with Crippen molar-refractivity contribution in [1.82, 2.24) is 19.2 Å². The third-order valence-corrected chi connectivity index (χ3v) is 7.00. The molecule has 142 valence electrons. The molecule has 0 bridgehead atoms. The minimum atomic E-state index is -2.91. The molecule has 0 spiro atoms. The first-order valence-corrected chi connectivity index (χ1v) is 11.4. The summed E-state index contributed by atoms with van der Waals surface area (Å²) < 4.78 is 28.3. The largest absolute Gasteiger partial charge is 0.300 e. The van der Waals surface area contributed by atoms with E-state index in [9.17, 15) is 8.42 Å². The zero-order chi connectivity index (χ0) is 18.7. The molecule has 26 heavy (non-hydrogen) atoms. The fourth-order valence-corrected chi connectivity index (χ4v) is 5.59. The van der Waals surface area contributed by atoms with Gasteiger partial charge in [0.25, 0.3) is 0 Å². The molecule has 1 aromatic carbocycles. The van der Waals surface area contributed by atoms with Gasteiger partial charge in [0.2, 0.25) is 0 Å². The number of aromatic nitrogens is 3. The van der Waals surface area contributed by atoms with Gasteiger partial charge in [-0.25, -0.2) is 13.1 Å². The van der Waals surface area contributed by atoms with Gasteiger partial charge in [-0.1, -0.05) is 37.3 Å². The van der Waals surface area contributed by atoms with Crippen LogP contribution in [0, 0.1) is 4.77 Å². The van der Waals surface area contributed by atoms with Gasteiger partial charge in [-0.15, -0.1) is 0 Å². The molecule has 8 heteroatoms. The second-order valence-corrected chi connectivity index (χ2v) is 9.32. The molecule has 3 rings (SSSR count). The number of nitrogens with zero attached hydrogens (tertiary/aromatic N) is 4. The molecule has 6 nitrogen and oxygen atoms in total. The van der Waals surface area contributed by atoms with Gasteiger partial charge in [0.15, 0.2) is 20.4 Å². The molecule has 0 amide bonds. The monoisotopic (exact) mass is 394 g/mol. The maximum Gasteiger partial charge on any atom is 0.199 e. The van der Waals surface area contributed by atoms with Crippen molar-refractivity contribution in [3.05, 3.63) is 35.1 Å². The van der Waals surface area contributed by atoms with Crippen LogP contribution in [0.5, 0.6) is 0 Å². The van der Waals surface area contributed by atoms with E-state index >= 15 is 0 Å². The van der Waals surface area contributed by atoms with E-state index in [1.54, 1.807) is 0 Å². The van der Waals surface area contributed by atoms with E-state index in [0.29, 0.717) is 17.9 Å². The van der Waals surface area contributed by atoms with Gasteiger partial charge in [0, 0.05) is 18.2 Å². The molecule has 1 atom stereocenters. The lowest BCUT2D eigenvalue weighted by atomic mass is 10.2. The van der Waals surface area contributed by atoms with Crippen molar-refractivity contribution in [2.75, 3.05) is 18.1 Å². The topological polar surface area (TPSA) is 60.1 Å². The SMILES string of the molecule is CCCN(Cn1nc(-c2ccccc2)n(CC)c1=S)[C@@H]1CCS(=O)(=O)C1. The van der Waals surface area contributed by atoms with Crippen LogP contribution in [0.15, 0.2) is 30.3 Å². The Balaban J connectivity index is 1.91. The molecule has 1 aliphatic heterocycles. The maximum absolute atomic E-state index is 11.9. The summed E-state index contributed by atoms with van der Waals surface area (Å²) in [5.74, 6) is 1.37. The summed E-state index contributed by atoms with van der Waals surface area (Å²) in [6.45, 7) is 6.27. The van der Waals surface area contributed by atoms with E-state index in [4.69, 9.17) is 17.3 Å². The highest BCUT2D eigenvalue weighted by molar-refractivity contribution is 7.91. The molecule has 1 saturated heterocycles. The van der Waals surface area contributed by atoms with E-state index in [1.165, 1.54) is 0 Å². The van der Waals surface area contributed by atoms with Gasteiger partial charge in [0.1, 0.15) is 0 Å². The lowest BCUT2D eigenvalue weighted by Crippen LogP contribution is -2.38. The highest BCUT2D eigenvalue weighted by Crippen LogP contribution is 2.21.